The zero-order chi connectivity index (χ0) is 29.9. The van der Waals surface area contributed by atoms with E-state index in [-0.39, 0.29) is 38.2 Å². The van der Waals surface area contributed by atoms with Crippen LogP contribution in [0.15, 0.2) is 60.9 Å². The molecule has 2 aromatic carbocycles. The van der Waals surface area contributed by atoms with Gasteiger partial charge < -0.3 is 10.2 Å². The Hall–Kier alpha value is -3.93. The number of aromatic nitrogens is 1. The number of amides is 2. The Morgan fingerprint density at radius 3 is 2.20 bits per heavy atom. The van der Waals surface area contributed by atoms with Gasteiger partial charge in [0.2, 0.25) is 5.91 Å². The lowest BCUT2D eigenvalue weighted by Gasteiger charge is -2.41. The molecule has 41 heavy (non-hydrogen) atoms. The number of rotatable bonds is 6. The van der Waals surface area contributed by atoms with Crippen LogP contribution in [0.25, 0.3) is 0 Å². The van der Waals surface area contributed by atoms with E-state index in [0.29, 0.717) is 24.2 Å². The molecule has 2 amide bonds. The zero-order valence-corrected chi connectivity index (χ0v) is 22.3. The molecule has 3 aromatic rings. The lowest BCUT2D eigenvalue weighted by atomic mass is 9.97. The van der Waals surface area contributed by atoms with Crippen LogP contribution in [0.5, 0.6) is 0 Å². The van der Waals surface area contributed by atoms with Gasteiger partial charge in [0.05, 0.1) is 29.6 Å². The summed E-state index contributed by atoms with van der Waals surface area (Å²) in [5.74, 6) is -1.26. The minimum absolute atomic E-state index is 0.00213. The van der Waals surface area contributed by atoms with Gasteiger partial charge >= 0.3 is 12.4 Å². The van der Waals surface area contributed by atoms with Gasteiger partial charge in [-0.25, -0.2) is 0 Å². The fourth-order valence-corrected chi connectivity index (χ4v) is 4.79. The van der Waals surface area contributed by atoms with Gasteiger partial charge in [-0.05, 0) is 67.3 Å². The van der Waals surface area contributed by atoms with Gasteiger partial charge in [-0.1, -0.05) is 18.2 Å². The second kappa shape index (κ2) is 11.9. The van der Waals surface area contributed by atoms with Crippen LogP contribution in [0, 0.1) is 13.8 Å². The maximum absolute atomic E-state index is 13.5. The standard InChI is InChI=1S/C29H28F6N4O2/c1-18-5-6-20(10-19(18)2)11-25-16-38(17-26(40)37-24-4-3-7-36-15-24)8-9-39(25)27(41)21-12-22(28(30,31)32)14-23(13-21)29(33,34)35/h3-7,10,12-15,25H,8-9,11,16-17H2,1-2H3,(H,37,40)/t25-/m1/s1. The molecule has 218 valence electrons. The number of hydrogen-bond donors (Lipinski definition) is 1. The molecule has 1 aromatic heterocycles. The molecule has 1 saturated heterocycles. The van der Waals surface area contributed by atoms with Gasteiger partial charge in [0, 0.05) is 37.4 Å². The van der Waals surface area contributed by atoms with Gasteiger partial charge in [0.1, 0.15) is 0 Å². The lowest BCUT2D eigenvalue weighted by Crippen LogP contribution is -2.57. The SMILES string of the molecule is Cc1ccc(C[C@@H]2CN(CC(=O)Nc3cccnc3)CCN2C(=O)c2cc(C(F)(F)F)cc(C(F)(F)F)c2)cc1C. The zero-order valence-electron chi connectivity index (χ0n) is 22.3. The third kappa shape index (κ3) is 7.63. The van der Waals surface area contributed by atoms with Crippen LogP contribution < -0.4 is 5.32 Å². The van der Waals surface area contributed by atoms with E-state index in [0.717, 1.165) is 16.7 Å². The smallest absolute Gasteiger partial charge is 0.333 e. The van der Waals surface area contributed by atoms with E-state index in [1.807, 2.05) is 32.0 Å². The molecule has 0 unspecified atom stereocenters. The van der Waals surface area contributed by atoms with Crippen molar-refractivity contribution in [3.63, 3.8) is 0 Å². The molecule has 1 fully saturated rings. The summed E-state index contributed by atoms with van der Waals surface area (Å²) in [4.78, 5) is 33.2. The Bertz CT molecular complexity index is 1380. The monoisotopic (exact) mass is 578 g/mol. The predicted molar refractivity (Wildman–Crippen MR) is 140 cm³/mol. The van der Waals surface area contributed by atoms with Crippen molar-refractivity contribution in [3.8, 4) is 0 Å². The molecule has 12 heteroatoms. The maximum atomic E-state index is 13.5. The van der Waals surface area contributed by atoms with Gasteiger partial charge in [0.15, 0.2) is 0 Å². The lowest BCUT2D eigenvalue weighted by molar-refractivity contribution is -0.143. The summed E-state index contributed by atoms with van der Waals surface area (Å²) in [6, 6.07) is 9.34. The van der Waals surface area contributed by atoms with E-state index in [2.05, 4.69) is 10.3 Å². The number of nitrogens with one attached hydrogen (secondary N) is 1. The quantitative estimate of drug-likeness (QED) is 0.379. The van der Waals surface area contributed by atoms with Crippen molar-refractivity contribution < 1.29 is 35.9 Å². The molecular weight excluding hydrogens is 550 g/mol. The number of benzene rings is 2. The number of hydrogen-bond acceptors (Lipinski definition) is 4. The number of aryl methyl sites for hydroxylation is 2. The largest absolute Gasteiger partial charge is 0.416 e. The Morgan fingerprint density at radius 1 is 0.927 bits per heavy atom. The van der Waals surface area contributed by atoms with Gasteiger partial charge in [-0.15, -0.1) is 0 Å². The minimum atomic E-state index is -5.07. The fourth-order valence-electron chi connectivity index (χ4n) is 4.79. The number of carbonyl (C=O) groups excluding carboxylic acids is 2. The first kappa shape index (κ1) is 30.0. The Labute approximate surface area is 233 Å². The van der Waals surface area contributed by atoms with E-state index in [1.165, 1.54) is 11.1 Å². The second-order valence-electron chi connectivity index (χ2n) is 10.1. The van der Waals surface area contributed by atoms with Crippen LogP contribution in [0.3, 0.4) is 0 Å². The van der Waals surface area contributed by atoms with Crippen molar-refractivity contribution >= 4 is 17.5 Å². The first-order chi connectivity index (χ1) is 19.2. The van der Waals surface area contributed by atoms with Crippen molar-refractivity contribution in [3.05, 3.63) is 94.3 Å². The Kier molecular flexibility index (Phi) is 8.71. The van der Waals surface area contributed by atoms with Crippen molar-refractivity contribution in [1.82, 2.24) is 14.8 Å². The Morgan fingerprint density at radius 2 is 1.61 bits per heavy atom. The van der Waals surface area contributed by atoms with Crippen molar-refractivity contribution in [2.24, 2.45) is 0 Å². The van der Waals surface area contributed by atoms with Crippen molar-refractivity contribution in [2.75, 3.05) is 31.5 Å². The summed E-state index contributed by atoms with van der Waals surface area (Å²) < 4.78 is 80.8. The first-order valence-electron chi connectivity index (χ1n) is 12.8. The predicted octanol–water partition coefficient (Wildman–Crippen LogP) is 5.74. The molecule has 0 saturated carbocycles. The molecule has 0 bridgehead atoms. The molecule has 0 aliphatic carbocycles. The number of halogens is 6. The number of pyridine rings is 1. The topological polar surface area (TPSA) is 65.5 Å². The molecule has 1 atom stereocenters. The normalized spacial score (nSPS) is 16.5. The van der Waals surface area contributed by atoms with Crippen LogP contribution in [-0.2, 0) is 23.6 Å². The summed E-state index contributed by atoms with van der Waals surface area (Å²) in [5, 5.41) is 2.73. The highest BCUT2D eigenvalue weighted by molar-refractivity contribution is 5.95. The van der Waals surface area contributed by atoms with E-state index < -0.39 is 41.0 Å². The van der Waals surface area contributed by atoms with Crippen molar-refractivity contribution in [1.29, 1.82) is 0 Å². The molecule has 1 N–H and O–H groups in total. The second-order valence-corrected chi connectivity index (χ2v) is 10.1. The maximum Gasteiger partial charge on any atom is 0.416 e. The number of carbonyl (C=O) groups is 2. The van der Waals surface area contributed by atoms with E-state index in [4.69, 9.17) is 0 Å². The van der Waals surface area contributed by atoms with E-state index in [9.17, 15) is 35.9 Å². The van der Waals surface area contributed by atoms with Crippen LogP contribution in [0.4, 0.5) is 32.0 Å². The van der Waals surface area contributed by atoms with Crippen LogP contribution in [-0.4, -0.2) is 58.8 Å². The highest BCUT2D eigenvalue weighted by atomic mass is 19.4. The van der Waals surface area contributed by atoms with Crippen molar-refractivity contribution in [2.45, 2.75) is 38.7 Å². The van der Waals surface area contributed by atoms with Gasteiger partial charge in [-0.2, -0.15) is 26.3 Å². The van der Waals surface area contributed by atoms with Crippen LogP contribution in [0.1, 0.15) is 38.2 Å². The minimum Gasteiger partial charge on any atom is -0.333 e. The average molecular weight is 579 g/mol. The molecule has 6 nitrogen and oxygen atoms in total. The number of piperazine rings is 1. The molecule has 1 aliphatic rings. The highest BCUT2D eigenvalue weighted by Crippen LogP contribution is 2.37. The third-order valence-corrected chi connectivity index (χ3v) is 7.02. The highest BCUT2D eigenvalue weighted by Gasteiger charge is 2.39. The summed E-state index contributed by atoms with van der Waals surface area (Å²) in [6.45, 7) is 4.21. The third-order valence-electron chi connectivity index (χ3n) is 7.02. The molecular formula is C29H28F6N4O2. The number of anilines is 1. The first-order valence-corrected chi connectivity index (χ1v) is 12.8. The van der Waals surface area contributed by atoms with E-state index >= 15 is 0 Å². The number of alkyl halides is 6. The number of nitrogens with zero attached hydrogens (tertiary/aromatic N) is 3. The molecule has 4 rings (SSSR count). The van der Waals surface area contributed by atoms with Crippen LogP contribution >= 0.6 is 0 Å². The molecule has 1 aliphatic heterocycles. The summed E-state index contributed by atoms with van der Waals surface area (Å²) >= 11 is 0. The van der Waals surface area contributed by atoms with Gasteiger partial charge in [-0.3, -0.25) is 19.5 Å². The fraction of sp³-hybridized carbons (Fsp3) is 0.345. The molecule has 0 radical (unpaired) electrons. The Balaban J connectivity index is 1.61. The van der Waals surface area contributed by atoms with Crippen LogP contribution in [0.2, 0.25) is 0 Å². The van der Waals surface area contributed by atoms with Gasteiger partial charge in [0.25, 0.3) is 5.91 Å². The van der Waals surface area contributed by atoms with E-state index in [1.54, 1.807) is 23.2 Å². The summed E-state index contributed by atoms with van der Waals surface area (Å²) in [5.41, 5.74) is -0.404. The average Bonchev–Trinajstić information content (AvgIpc) is 2.90. The molecule has 2 heterocycles. The summed E-state index contributed by atoms with van der Waals surface area (Å²) in [7, 11) is 0. The summed E-state index contributed by atoms with van der Waals surface area (Å²) in [6.07, 6.45) is -6.81. The molecule has 0 spiro atoms.